The summed E-state index contributed by atoms with van der Waals surface area (Å²) in [5.41, 5.74) is -0.219. The second-order valence-electron chi connectivity index (χ2n) is 6.80. The first-order chi connectivity index (χ1) is 13.4. The minimum absolute atomic E-state index is 0. The fourth-order valence-electron chi connectivity index (χ4n) is 3.47. The van der Waals surface area contributed by atoms with Gasteiger partial charge in [0.05, 0.1) is 4.92 Å². The molecule has 0 saturated carbocycles. The summed E-state index contributed by atoms with van der Waals surface area (Å²) in [4.78, 5) is 38.2. The van der Waals surface area contributed by atoms with Crippen molar-refractivity contribution < 1.29 is 9.72 Å². The number of aromatic nitrogens is 2. The van der Waals surface area contributed by atoms with E-state index < -0.39 is 16.3 Å². The van der Waals surface area contributed by atoms with Crippen LogP contribution in [-0.2, 0) is 0 Å². The zero-order valence-corrected chi connectivity index (χ0v) is 17.1. The van der Waals surface area contributed by atoms with Crippen molar-refractivity contribution in [2.24, 2.45) is 0 Å². The molecule has 1 aliphatic heterocycles. The highest BCUT2D eigenvalue weighted by molar-refractivity contribution is 5.92. The largest absolute Gasteiger partial charge is 0.333 e. The number of carbonyl (C=O) groups excluding carboxylic acids is 1. The fraction of sp³-hybridized carbons (Fsp3) is 0.421. The van der Waals surface area contributed by atoms with Crippen LogP contribution in [0.15, 0.2) is 35.1 Å². The van der Waals surface area contributed by atoms with Crippen molar-refractivity contribution in [2.75, 3.05) is 19.6 Å². The van der Waals surface area contributed by atoms with Crippen LogP contribution in [0.2, 0.25) is 0 Å². The highest BCUT2D eigenvalue weighted by Gasteiger charge is 2.30. The molecule has 1 saturated heterocycles. The van der Waals surface area contributed by atoms with Crippen molar-refractivity contribution in [2.45, 2.75) is 32.7 Å². The Morgan fingerprint density at radius 3 is 2.76 bits per heavy atom. The van der Waals surface area contributed by atoms with Gasteiger partial charge in [-0.3, -0.25) is 19.7 Å². The third-order valence-electron chi connectivity index (χ3n) is 4.82. The van der Waals surface area contributed by atoms with Crippen LogP contribution in [0.5, 0.6) is 0 Å². The van der Waals surface area contributed by atoms with Gasteiger partial charge in [-0.05, 0) is 32.4 Å². The maximum absolute atomic E-state index is 13.1. The zero-order chi connectivity index (χ0) is 20.3. The van der Waals surface area contributed by atoms with Crippen molar-refractivity contribution in [3.63, 3.8) is 0 Å². The Morgan fingerprint density at radius 1 is 1.41 bits per heavy atom. The number of hydrogen-bond acceptors (Lipinski definition) is 6. The Labute approximate surface area is 174 Å². The first kappa shape index (κ1) is 22.5. The molecule has 1 amide bonds. The average Bonchev–Trinajstić information content (AvgIpc) is 3.20. The van der Waals surface area contributed by atoms with E-state index in [0.717, 1.165) is 19.4 Å². The van der Waals surface area contributed by atoms with Gasteiger partial charge < -0.3 is 10.2 Å². The highest BCUT2D eigenvalue weighted by atomic mass is 35.5. The first-order valence-electron chi connectivity index (χ1n) is 9.30. The average molecular weight is 422 g/mol. The number of benzene rings is 1. The number of nitro groups is 1. The van der Waals surface area contributed by atoms with Gasteiger partial charge in [-0.2, -0.15) is 5.10 Å². The van der Waals surface area contributed by atoms with Gasteiger partial charge in [0.15, 0.2) is 5.69 Å². The summed E-state index contributed by atoms with van der Waals surface area (Å²) in [5, 5.41) is 18.9. The van der Waals surface area contributed by atoms with Crippen molar-refractivity contribution in [3.8, 4) is 5.69 Å². The summed E-state index contributed by atoms with van der Waals surface area (Å²) in [6, 6.07) is 7.42. The molecule has 2 aromatic rings. The Balaban J connectivity index is 0.00000300. The molecule has 1 unspecified atom stereocenters. The Morgan fingerprint density at radius 2 is 2.14 bits per heavy atom. The second kappa shape index (κ2) is 9.62. The summed E-state index contributed by atoms with van der Waals surface area (Å²) in [6.07, 6.45) is 1.57. The maximum Gasteiger partial charge on any atom is 0.294 e. The van der Waals surface area contributed by atoms with E-state index in [1.807, 2.05) is 6.92 Å². The molecular weight excluding hydrogens is 398 g/mol. The van der Waals surface area contributed by atoms with Crippen molar-refractivity contribution in [1.82, 2.24) is 20.0 Å². The van der Waals surface area contributed by atoms with E-state index in [4.69, 9.17) is 0 Å². The molecule has 29 heavy (non-hydrogen) atoms. The molecule has 1 N–H and O–H groups in total. The molecular formula is C19H24ClN5O4. The standard InChI is InChI=1S/C19H23N5O4.ClH/c1-3-10-22(14-8-9-20-12-14)19(26)18-17(25)11-13(2)23(21-18)15-6-4-5-7-16(15)24(27)28;/h4-7,11,14,20H,3,8-10,12H2,1-2H3;1H. The number of hydrogen-bond donors (Lipinski definition) is 1. The number of aryl methyl sites for hydroxylation is 1. The normalized spacial score (nSPS) is 15.6. The lowest BCUT2D eigenvalue weighted by Gasteiger charge is -2.27. The minimum Gasteiger partial charge on any atom is -0.333 e. The van der Waals surface area contributed by atoms with Crippen LogP contribution >= 0.6 is 12.4 Å². The predicted molar refractivity (Wildman–Crippen MR) is 111 cm³/mol. The summed E-state index contributed by atoms with van der Waals surface area (Å²) in [7, 11) is 0. The smallest absolute Gasteiger partial charge is 0.294 e. The third-order valence-corrected chi connectivity index (χ3v) is 4.82. The third kappa shape index (κ3) is 4.63. The molecule has 1 aliphatic rings. The summed E-state index contributed by atoms with van der Waals surface area (Å²) in [6.45, 7) is 5.61. The van der Waals surface area contributed by atoms with Crippen LogP contribution in [0.3, 0.4) is 0 Å². The number of halogens is 1. The van der Waals surface area contributed by atoms with E-state index in [9.17, 15) is 19.7 Å². The van der Waals surface area contributed by atoms with E-state index in [1.54, 1.807) is 30.0 Å². The molecule has 1 atom stereocenters. The van der Waals surface area contributed by atoms with Crippen molar-refractivity contribution >= 4 is 24.0 Å². The molecule has 1 aromatic heterocycles. The van der Waals surface area contributed by atoms with Gasteiger partial charge >= 0.3 is 0 Å². The number of amides is 1. The van der Waals surface area contributed by atoms with E-state index >= 15 is 0 Å². The second-order valence-corrected chi connectivity index (χ2v) is 6.80. The molecule has 9 nitrogen and oxygen atoms in total. The van der Waals surface area contributed by atoms with Crippen LogP contribution in [-0.4, -0.2) is 51.2 Å². The quantitative estimate of drug-likeness (QED) is 0.564. The number of carbonyl (C=O) groups is 1. The zero-order valence-electron chi connectivity index (χ0n) is 16.3. The lowest BCUT2D eigenvalue weighted by atomic mass is 10.2. The Kier molecular flexibility index (Phi) is 7.46. The molecule has 0 radical (unpaired) electrons. The van der Waals surface area contributed by atoms with E-state index in [-0.39, 0.29) is 35.5 Å². The van der Waals surface area contributed by atoms with Gasteiger partial charge in [-0.15, -0.1) is 12.4 Å². The first-order valence-corrected chi connectivity index (χ1v) is 9.30. The lowest BCUT2D eigenvalue weighted by molar-refractivity contribution is -0.384. The molecule has 3 rings (SSSR count). The minimum atomic E-state index is -0.510. The Bertz CT molecular complexity index is 956. The molecule has 0 spiro atoms. The van der Waals surface area contributed by atoms with Crippen LogP contribution < -0.4 is 10.7 Å². The van der Waals surface area contributed by atoms with Gasteiger partial charge in [0.25, 0.3) is 11.6 Å². The molecule has 1 aromatic carbocycles. The van der Waals surface area contributed by atoms with Gasteiger partial charge in [0, 0.05) is 37.0 Å². The molecule has 0 aliphatic carbocycles. The Hall–Kier alpha value is -2.78. The maximum atomic E-state index is 13.1. The SMILES string of the molecule is CCCN(C(=O)c1nn(-c2ccccc2[N+](=O)[O-])c(C)cc1=O)C1CCNC1.Cl. The summed E-state index contributed by atoms with van der Waals surface area (Å²) < 4.78 is 1.30. The van der Waals surface area contributed by atoms with Gasteiger partial charge in [-0.1, -0.05) is 19.1 Å². The van der Waals surface area contributed by atoms with E-state index in [0.29, 0.717) is 18.8 Å². The molecule has 0 bridgehead atoms. The van der Waals surface area contributed by atoms with Crippen molar-refractivity contribution in [3.05, 3.63) is 62.1 Å². The van der Waals surface area contributed by atoms with Gasteiger partial charge in [0.2, 0.25) is 5.43 Å². The van der Waals surface area contributed by atoms with E-state index in [2.05, 4.69) is 10.4 Å². The molecule has 10 heteroatoms. The molecule has 156 valence electrons. The number of nitrogens with one attached hydrogen (secondary N) is 1. The van der Waals surface area contributed by atoms with Crippen LogP contribution in [0.4, 0.5) is 5.69 Å². The van der Waals surface area contributed by atoms with Gasteiger partial charge in [0.1, 0.15) is 5.69 Å². The number of para-hydroxylation sites is 2. The number of rotatable bonds is 6. The van der Waals surface area contributed by atoms with Crippen LogP contribution in [0.25, 0.3) is 5.69 Å². The number of nitrogens with zero attached hydrogens (tertiary/aromatic N) is 4. The van der Waals surface area contributed by atoms with Crippen LogP contribution in [0.1, 0.15) is 35.9 Å². The lowest BCUT2D eigenvalue weighted by Crippen LogP contribution is -2.44. The summed E-state index contributed by atoms with van der Waals surface area (Å²) in [5.74, 6) is -0.437. The fourth-order valence-corrected chi connectivity index (χ4v) is 3.47. The van der Waals surface area contributed by atoms with Crippen molar-refractivity contribution in [1.29, 1.82) is 0 Å². The number of nitro benzene ring substituents is 1. The molecule has 1 fully saturated rings. The highest BCUT2D eigenvalue weighted by Crippen LogP contribution is 2.22. The monoisotopic (exact) mass is 421 g/mol. The van der Waals surface area contributed by atoms with Gasteiger partial charge in [-0.25, -0.2) is 4.68 Å². The van der Waals surface area contributed by atoms with E-state index in [1.165, 1.54) is 16.8 Å². The topological polar surface area (TPSA) is 110 Å². The predicted octanol–water partition coefficient (Wildman–Crippen LogP) is 2.09. The molecule has 2 heterocycles. The summed E-state index contributed by atoms with van der Waals surface area (Å²) >= 11 is 0. The van der Waals surface area contributed by atoms with Crippen LogP contribution in [0, 0.1) is 17.0 Å².